The summed E-state index contributed by atoms with van der Waals surface area (Å²) in [5.74, 6) is 0.611. The molecule has 5 nitrogen and oxygen atoms in total. The van der Waals surface area contributed by atoms with Crippen molar-refractivity contribution in [3.63, 3.8) is 0 Å². The Kier molecular flexibility index (Phi) is 5.09. The molecular formula is C21H28N2O3. The number of aryl methyl sites for hydroxylation is 1. The van der Waals surface area contributed by atoms with Crippen molar-refractivity contribution in [1.29, 1.82) is 0 Å². The lowest BCUT2D eigenvalue weighted by molar-refractivity contribution is -0.127. The first-order valence-corrected chi connectivity index (χ1v) is 9.73. The molecule has 0 aromatic carbocycles. The average molecular weight is 356 g/mol. The van der Waals surface area contributed by atoms with Crippen LogP contribution in [0.2, 0.25) is 0 Å². The highest BCUT2D eigenvalue weighted by molar-refractivity contribution is 5.93. The van der Waals surface area contributed by atoms with Gasteiger partial charge in [0, 0.05) is 35.7 Å². The number of rotatable bonds is 5. The second-order valence-corrected chi connectivity index (χ2v) is 8.00. The van der Waals surface area contributed by atoms with Gasteiger partial charge >= 0.3 is 0 Å². The lowest BCUT2D eigenvalue weighted by Gasteiger charge is -2.27. The zero-order valence-electron chi connectivity index (χ0n) is 15.6. The van der Waals surface area contributed by atoms with E-state index in [1.54, 1.807) is 0 Å². The Morgan fingerprint density at radius 1 is 1.42 bits per heavy atom. The van der Waals surface area contributed by atoms with Crippen LogP contribution in [-0.2, 0) is 20.9 Å². The fourth-order valence-corrected chi connectivity index (χ4v) is 4.46. The molecule has 0 unspecified atom stereocenters. The summed E-state index contributed by atoms with van der Waals surface area (Å²) in [6.45, 7) is 6.07. The van der Waals surface area contributed by atoms with E-state index in [2.05, 4.69) is 11.1 Å². The molecule has 26 heavy (non-hydrogen) atoms. The van der Waals surface area contributed by atoms with Crippen molar-refractivity contribution in [3.05, 3.63) is 41.2 Å². The summed E-state index contributed by atoms with van der Waals surface area (Å²) in [6.07, 6.45) is 6.45. The Morgan fingerprint density at radius 2 is 2.35 bits per heavy atom. The zero-order valence-corrected chi connectivity index (χ0v) is 15.6. The molecule has 2 aliphatic heterocycles. The minimum absolute atomic E-state index is 0.0608. The third-order valence-electron chi connectivity index (χ3n) is 5.96. The van der Waals surface area contributed by atoms with E-state index in [1.165, 1.54) is 6.42 Å². The molecule has 3 heterocycles. The van der Waals surface area contributed by atoms with Gasteiger partial charge in [0.15, 0.2) is 0 Å². The molecule has 1 amide bonds. The number of pyridine rings is 1. The highest BCUT2D eigenvalue weighted by atomic mass is 16.5. The van der Waals surface area contributed by atoms with Crippen molar-refractivity contribution in [2.75, 3.05) is 32.9 Å². The Morgan fingerprint density at radius 3 is 3.15 bits per heavy atom. The minimum Gasteiger partial charge on any atom is -0.380 e. The lowest BCUT2D eigenvalue weighted by atomic mass is 9.82. The summed E-state index contributed by atoms with van der Waals surface area (Å²) < 4.78 is 11.8. The predicted molar refractivity (Wildman–Crippen MR) is 98.5 cm³/mol. The summed E-state index contributed by atoms with van der Waals surface area (Å²) >= 11 is 0. The van der Waals surface area contributed by atoms with Gasteiger partial charge in [0.1, 0.15) is 0 Å². The first kappa shape index (κ1) is 17.7. The van der Waals surface area contributed by atoms with Crippen molar-refractivity contribution in [2.24, 2.45) is 11.3 Å². The van der Waals surface area contributed by atoms with Crippen molar-refractivity contribution >= 4 is 5.91 Å². The molecular weight excluding hydrogens is 328 g/mol. The van der Waals surface area contributed by atoms with Crippen LogP contribution < -0.4 is 0 Å². The van der Waals surface area contributed by atoms with Crippen LogP contribution in [0.3, 0.4) is 0 Å². The van der Waals surface area contributed by atoms with E-state index in [9.17, 15) is 4.79 Å². The summed E-state index contributed by atoms with van der Waals surface area (Å²) in [5.41, 5.74) is 2.91. The number of fused-ring (bicyclic) bond motifs is 1. The zero-order chi connectivity index (χ0) is 18.0. The van der Waals surface area contributed by atoms with Gasteiger partial charge in [-0.15, -0.1) is 0 Å². The van der Waals surface area contributed by atoms with Crippen molar-refractivity contribution in [2.45, 2.75) is 39.2 Å². The van der Waals surface area contributed by atoms with Gasteiger partial charge in [-0.25, -0.2) is 0 Å². The van der Waals surface area contributed by atoms with Gasteiger partial charge in [-0.2, -0.15) is 0 Å². The van der Waals surface area contributed by atoms with Crippen LogP contribution in [0.25, 0.3) is 0 Å². The Bertz CT molecular complexity index is 702. The van der Waals surface area contributed by atoms with E-state index in [0.717, 1.165) is 55.9 Å². The summed E-state index contributed by atoms with van der Waals surface area (Å²) in [4.78, 5) is 19.4. The van der Waals surface area contributed by atoms with Gasteiger partial charge in [-0.1, -0.05) is 12.1 Å². The van der Waals surface area contributed by atoms with Crippen LogP contribution in [0.4, 0.5) is 0 Å². The highest BCUT2D eigenvalue weighted by Gasteiger charge is 2.52. The Labute approximate surface area is 155 Å². The van der Waals surface area contributed by atoms with Crippen LogP contribution in [-0.4, -0.2) is 48.7 Å². The van der Waals surface area contributed by atoms with Crippen LogP contribution >= 0.6 is 0 Å². The van der Waals surface area contributed by atoms with Crippen molar-refractivity contribution in [1.82, 2.24) is 9.88 Å². The number of hydrogen-bond acceptors (Lipinski definition) is 4. The smallest absolute Gasteiger partial charge is 0.249 e. The molecule has 0 N–H and O–H groups in total. The van der Waals surface area contributed by atoms with E-state index < -0.39 is 0 Å². The van der Waals surface area contributed by atoms with E-state index in [0.29, 0.717) is 25.7 Å². The van der Waals surface area contributed by atoms with Gasteiger partial charge in [0.25, 0.3) is 0 Å². The first-order chi connectivity index (χ1) is 12.7. The number of carbonyl (C=O) groups excluding carboxylic acids is 1. The largest absolute Gasteiger partial charge is 0.380 e. The number of carbonyl (C=O) groups is 1. The molecule has 1 aromatic heterocycles. The maximum Gasteiger partial charge on any atom is 0.249 e. The van der Waals surface area contributed by atoms with Gasteiger partial charge in [-0.3, -0.25) is 9.78 Å². The topological polar surface area (TPSA) is 51.7 Å². The number of hydrogen-bond donors (Lipinski definition) is 0. The van der Waals surface area contributed by atoms with Crippen LogP contribution in [0.5, 0.6) is 0 Å². The summed E-state index contributed by atoms with van der Waals surface area (Å²) in [6, 6.07) is 5.99. The number of amides is 1. The molecule has 2 atom stereocenters. The molecule has 0 spiro atoms. The lowest BCUT2D eigenvalue weighted by Crippen LogP contribution is -2.37. The maximum absolute atomic E-state index is 12.9. The predicted octanol–water partition coefficient (Wildman–Crippen LogP) is 2.88. The molecule has 4 rings (SSSR count). The normalized spacial score (nSPS) is 28.1. The van der Waals surface area contributed by atoms with E-state index in [4.69, 9.17) is 9.47 Å². The van der Waals surface area contributed by atoms with Crippen LogP contribution in [0.1, 0.15) is 37.1 Å². The van der Waals surface area contributed by atoms with Crippen molar-refractivity contribution in [3.8, 4) is 0 Å². The molecule has 1 aliphatic carbocycles. The maximum atomic E-state index is 12.9. The average Bonchev–Trinajstić information content (AvgIpc) is 3.19. The third-order valence-corrected chi connectivity index (χ3v) is 5.96. The Hall–Kier alpha value is -1.72. The molecule has 0 radical (unpaired) electrons. The summed E-state index contributed by atoms with van der Waals surface area (Å²) in [7, 11) is 0. The van der Waals surface area contributed by atoms with Gasteiger partial charge in [0.2, 0.25) is 5.91 Å². The molecule has 2 fully saturated rings. The molecule has 0 saturated carbocycles. The SMILES string of the molecule is Cc1cccc(COC[C@]23COC[C@H]2CN(C(=O)C2=CCCCC2)C3)n1. The number of ether oxygens (including phenoxy) is 2. The molecule has 140 valence electrons. The van der Waals surface area contributed by atoms with Gasteiger partial charge in [-0.05, 0) is 44.7 Å². The van der Waals surface area contributed by atoms with Gasteiger partial charge in [0.05, 0.1) is 32.1 Å². The third kappa shape index (κ3) is 3.55. The second-order valence-electron chi connectivity index (χ2n) is 8.00. The number of aromatic nitrogens is 1. The fourth-order valence-electron chi connectivity index (χ4n) is 4.46. The monoisotopic (exact) mass is 356 g/mol. The number of nitrogens with zero attached hydrogens (tertiary/aromatic N) is 2. The molecule has 0 bridgehead atoms. The second kappa shape index (κ2) is 7.49. The van der Waals surface area contributed by atoms with Gasteiger partial charge < -0.3 is 14.4 Å². The quantitative estimate of drug-likeness (QED) is 0.814. The Balaban J connectivity index is 1.38. The molecule has 2 saturated heterocycles. The first-order valence-electron chi connectivity index (χ1n) is 9.73. The van der Waals surface area contributed by atoms with Crippen LogP contribution in [0, 0.1) is 18.3 Å². The molecule has 3 aliphatic rings. The van der Waals surface area contributed by atoms with E-state index >= 15 is 0 Å². The number of likely N-dealkylation sites (tertiary alicyclic amines) is 1. The standard InChI is InChI=1S/C21H28N2O3/c1-16-6-5-9-19(22-16)12-26-15-21-13-23(10-18(21)11-25-14-21)20(24)17-7-3-2-4-8-17/h5-7,9,18H,2-4,8,10-15H2,1H3/t18-,21+/m1/s1. The fraction of sp³-hybridized carbons (Fsp3) is 0.619. The molecule has 5 heteroatoms. The highest BCUT2D eigenvalue weighted by Crippen LogP contribution is 2.42. The summed E-state index contributed by atoms with van der Waals surface area (Å²) in [5, 5.41) is 0. The van der Waals surface area contributed by atoms with E-state index in [-0.39, 0.29) is 11.3 Å². The number of allylic oxidation sites excluding steroid dienone is 1. The van der Waals surface area contributed by atoms with Crippen LogP contribution in [0.15, 0.2) is 29.8 Å². The molecule has 1 aromatic rings. The minimum atomic E-state index is -0.0608. The van der Waals surface area contributed by atoms with E-state index in [1.807, 2.05) is 30.0 Å². The van der Waals surface area contributed by atoms with Crippen molar-refractivity contribution < 1.29 is 14.3 Å².